The molecule has 12 fully saturated rings. The largest absolute Gasteiger partial charge is 0.390 e. The Morgan fingerprint density at radius 2 is 0.788 bits per heavy atom. The van der Waals surface area contributed by atoms with Crippen LogP contribution in [0.25, 0.3) is 12.2 Å². The molecule has 0 radical (unpaired) electrons. The number of alkyl halides is 8. The Kier molecular flexibility index (Phi) is 21.4. The van der Waals surface area contributed by atoms with Gasteiger partial charge in [-0.05, 0) is 218 Å². The third kappa shape index (κ3) is 10.8. The number of ketones is 5. The maximum absolute atomic E-state index is 17.4. The van der Waals surface area contributed by atoms with Crippen molar-refractivity contribution in [2.45, 2.75) is 268 Å². The van der Waals surface area contributed by atoms with Gasteiger partial charge in [-0.15, -0.1) is 46.4 Å². The van der Waals surface area contributed by atoms with Gasteiger partial charge in [0.05, 0.1) is 65.5 Å². The molecule has 32 atom stereocenters. The summed E-state index contributed by atoms with van der Waals surface area (Å²) >= 11 is 23.4. The lowest BCUT2D eigenvalue weighted by Gasteiger charge is -2.63. The Balaban J connectivity index is 0.000000123. The van der Waals surface area contributed by atoms with Crippen LogP contribution in [0, 0.1) is 114 Å². The van der Waals surface area contributed by atoms with Crippen LogP contribution < -0.4 is 0 Å². The van der Waals surface area contributed by atoms with Gasteiger partial charge in [0.15, 0.2) is 40.3 Å². The zero-order chi connectivity index (χ0) is 86.5. The van der Waals surface area contributed by atoms with Gasteiger partial charge < -0.3 is 40.9 Å². The molecule has 8 N–H and O–H groups in total. The summed E-state index contributed by atoms with van der Waals surface area (Å²) < 4.78 is 72.2. The lowest BCUT2D eigenvalue weighted by Crippen LogP contribution is -2.70. The van der Waals surface area contributed by atoms with Crippen molar-refractivity contribution in [1.29, 1.82) is 0 Å². The van der Waals surface area contributed by atoms with Gasteiger partial charge in [0.1, 0.15) is 33.7 Å². The van der Waals surface area contributed by atoms with Gasteiger partial charge in [-0.1, -0.05) is 122 Å². The van der Waals surface area contributed by atoms with E-state index in [4.69, 9.17) is 46.4 Å². The van der Waals surface area contributed by atoms with E-state index in [0.717, 1.165) is 69.6 Å². The fourth-order valence-corrected chi connectivity index (χ4v) is 31.8. The predicted molar refractivity (Wildman–Crippen MR) is 444 cm³/mol. The summed E-state index contributed by atoms with van der Waals surface area (Å²) in [5.41, 5.74) is -12.8. The van der Waals surface area contributed by atoms with Crippen molar-refractivity contribution < 1.29 is 82.4 Å². The number of aryl methyl sites for hydroxylation is 2. The molecule has 12 saturated carbocycles. The van der Waals surface area contributed by atoms with Crippen LogP contribution in [0.2, 0.25) is 0 Å². The highest BCUT2D eigenvalue weighted by molar-refractivity contribution is 6.30. The number of halogens is 8. The second-order valence-corrected chi connectivity index (χ2v) is 42.7. The molecular weight excluding hydrogens is 1600 g/mol. The number of hydrogen-bond donors (Lipinski definition) is 8. The quantitative estimate of drug-likeness (QED) is 0.0901. The Labute approximate surface area is 711 Å². The van der Waals surface area contributed by atoms with Crippen molar-refractivity contribution in [3.05, 3.63) is 106 Å². The molecule has 16 aliphatic rings. The van der Waals surface area contributed by atoms with E-state index in [1.165, 1.54) is 12.2 Å². The molecule has 25 heteroatoms. The molecule has 0 aliphatic heterocycles. The van der Waals surface area contributed by atoms with E-state index in [1.54, 1.807) is 23.9 Å². The number of rotatable bonds is 8. The number of aliphatic hydroxyl groups is 8. The van der Waals surface area contributed by atoms with Gasteiger partial charge in [-0.3, -0.25) is 33.3 Å². The number of nitrogens with zero attached hydrogens (tertiary/aromatic N) is 4. The topological polar surface area (TPSA) is 283 Å². The summed E-state index contributed by atoms with van der Waals surface area (Å²) in [5.74, 6) is -6.96. The number of aliphatic hydroxyl groups excluding tert-OH is 4. The molecule has 17 nitrogen and oxygen atoms in total. The van der Waals surface area contributed by atoms with Gasteiger partial charge in [0.2, 0.25) is 0 Å². The van der Waals surface area contributed by atoms with Gasteiger partial charge in [0, 0.05) is 87.3 Å². The third-order valence-corrected chi connectivity index (χ3v) is 38.2. The highest BCUT2D eigenvalue weighted by atomic mass is 35.5. The molecule has 0 saturated heterocycles. The fraction of sp³-hybridized carbons (Fsp3) is 0.731. The van der Waals surface area contributed by atoms with Crippen molar-refractivity contribution in [3.63, 3.8) is 0 Å². The first-order valence-corrected chi connectivity index (χ1v) is 45.2. The molecule has 0 bridgehead atoms. The first-order valence-electron chi connectivity index (χ1n) is 43.0. The average molecular weight is 1720 g/mol. The van der Waals surface area contributed by atoms with E-state index in [0.29, 0.717) is 70.6 Å². The number of aromatic nitrogens is 4. The SMILES string of the molecule is C=C1C=C[C@@]2(C)C(=C1)CC[C@H]1[C@@H]3C[C@H](C)[C@](O)(C(=O)CCl)[C@@]3(C)C[C@H](O)[C@@]12F.C[C@H]1C[C@H]2[C@@H]3CCC4=CC(=O)C=C[C@]4(C)[C@@]3(F)[C@@H](O)C[C@]2(C)[C@@]1(O)C(=O)CCl.C[C@H]1C[C@H]2[C@@H]3CCC4=Cc5c(cnn5C)C[C@]4(C)[C@@]3(F)[C@@H](O)C[C@]2(C)[C@@]1(O)C(=O)CCl.C[C@H]1C[C@H]2[C@@H]3CCC4=Cc5nn(C)cc5C[C@]4(C)[C@@]3(F)[C@@H](O)C[C@]2(C)[C@@]1(O)C(=O)CCl. The van der Waals surface area contributed by atoms with E-state index in [2.05, 4.69) is 22.9 Å². The minimum Gasteiger partial charge on any atom is -0.390 e. The maximum atomic E-state index is 17.4. The molecule has 2 heterocycles. The molecular formula is C93H122Cl4F4N4O13. The monoisotopic (exact) mass is 1720 g/mol. The van der Waals surface area contributed by atoms with Gasteiger partial charge in [0.25, 0.3) is 0 Å². The molecule has 2 aromatic rings. The molecule has 18 rings (SSSR count). The van der Waals surface area contributed by atoms with Crippen molar-refractivity contribution in [2.75, 3.05) is 23.5 Å². The fourth-order valence-electron chi connectivity index (χ4n) is 31.0. The van der Waals surface area contributed by atoms with E-state index in [9.17, 15) is 64.8 Å². The number of allylic oxidation sites excluding steroid dienone is 11. The molecule has 0 aromatic carbocycles. The van der Waals surface area contributed by atoms with Gasteiger partial charge in [-0.2, -0.15) is 10.2 Å². The summed E-state index contributed by atoms with van der Waals surface area (Å²) in [6.07, 6.45) is 21.1. The molecule has 0 amide bonds. The van der Waals surface area contributed by atoms with Crippen molar-refractivity contribution >= 4 is 87.5 Å². The van der Waals surface area contributed by atoms with E-state index < -0.39 is 160 Å². The standard InChI is InChI=1S/2C24H32ClFN2O3.C23H30ClFO3.C22H28ClFO4/c1-13-7-17-16-6-5-15-8-18-14(12-28(4)27-18)9-21(15,2)23(16,26)19(29)10-22(17,3)24(13,31)20(30)11-25;1-13-7-17-16-6-5-15-8-18-14(12-27-28(18)4)9-21(15,2)23(16,26)19(29)10-22(17,3)24(13,31)20(30)11-25;1-13-7-8-20(3)15(9-13)5-6-16-17-10-14(2)23(28,19(27)12-24)21(17,4)11-18(26)22(16,20)25;1-12-8-16-15-5-4-13-9-14(25)6-7-19(13,2)21(15,24)17(26)10-20(16,3)22(12,28)18(27)11-23/h2*8,12-13,16-17,19,29,31H,5-7,9-11H2,1-4H3;7-9,14,16-18,26,28H,1,5-6,10-12H2,2-4H3;6-7,9,12,15-17,26,28H,4-5,8,10-11H2,1-3H3/t2*13-,16-,17-,19-,21-,22-,23-,24-;14-,16-,17-,18-,20-,21-,22-,23-;12-,15-,16-,17-,19-,20-,21-,22-/m0000/s1. The minimum absolute atomic E-state index is 0.0151. The highest BCUT2D eigenvalue weighted by Gasteiger charge is 2.81. The molecule has 0 spiro atoms. The van der Waals surface area contributed by atoms with Crippen LogP contribution in [0.3, 0.4) is 0 Å². The van der Waals surface area contributed by atoms with Crippen LogP contribution >= 0.6 is 46.4 Å². The smallest absolute Gasteiger partial charge is 0.179 e. The van der Waals surface area contributed by atoms with Crippen molar-refractivity contribution in [2.24, 2.45) is 128 Å². The maximum Gasteiger partial charge on any atom is 0.179 e. The van der Waals surface area contributed by atoms with E-state index >= 15 is 17.6 Å². The zero-order valence-electron chi connectivity index (χ0n) is 70.7. The lowest BCUT2D eigenvalue weighted by atomic mass is 9.43. The van der Waals surface area contributed by atoms with Crippen LogP contribution in [-0.2, 0) is 50.9 Å². The highest BCUT2D eigenvalue weighted by Crippen LogP contribution is 2.77. The Hall–Kier alpha value is -4.49. The Bertz CT molecular complexity index is 4620. The number of carbonyl (C=O) groups is 5. The van der Waals surface area contributed by atoms with Crippen LogP contribution in [0.1, 0.15) is 208 Å². The van der Waals surface area contributed by atoms with Crippen molar-refractivity contribution in [3.8, 4) is 0 Å². The summed E-state index contributed by atoms with van der Waals surface area (Å²) in [4.78, 5) is 62.8. The van der Waals surface area contributed by atoms with Crippen LogP contribution in [0.4, 0.5) is 17.6 Å². The molecule has 2 aromatic heterocycles. The van der Waals surface area contributed by atoms with Gasteiger partial charge >= 0.3 is 0 Å². The summed E-state index contributed by atoms with van der Waals surface area (Å²) in [6.45, 7) is 26.3. The number of Topliss-reactive ketones (excluding diaryl/α,β-unsaturated/α-hetero) is 4. The summed E-state index contributed by atoms with van der Waals surface area (Å²) in [7, 11) is 3.76. The average Bonchev–Trinajstić information content (AvgIpc) is 1.42. The lowest BCUT2D eigenvalue weighted by molar-refractivity contribution is -0.225. The van der Waals surface area contributed by atoms with Crippen LogP contribution in [-0.4, -0.2) is 182 Å². The molecule has 0 unspecified atom stereocenters. The second-order valence-electron chi connectivity index (χ2n) is 41.6. The number of carbonyl (C=O) groups excluding carboxylic acids is 5. The zero-order valence-corrected chi connectivity index (χ0v) is 73.7. The Morgan fingerprint density at radius 1 is 0.466 bits per heavy atom. The van der Waals surface area contributed by atoms with E-state index in [1.807, 2.05) is 125 Å². The van der Waals surface area contributed by atoms with Gasteiger partial charge in [-0.25, -0.2) is 17.6 Å². The van der Waals surface area contributed by atoms with Crippen LogP contribution in [0.15, 0.2) is 83.3 Å². The summed E-state index contributed by atoms with van der Waals surface area (Å²) in [5, 5.41) is 100. The third-order valence-electron chi connectivity index (χ3n) is 37.3. The van der Waals surface area contributed by atoms with Crippen LogP contribution in [0.5, 0.6) is 0 Å². The molecule has 16 aliphatic carbocycles. The second kappa shape index (κ2) is 28.5. The predicted octanol–water partition coefficient (Wildman–Crippen LogP) is 14.2. The molecule has 648 valence electrons. The first-order chi connectivity index (χ1) is 54.8. The molecule has 118 heavy (non-hydrogen) atoms. The minimum atomic E-state index is -1.95. The normalized spacial score (nSPS) is 50.3. The first kappa shape index (κ1) is 88.4. The van der Waals surface area contributed by atoms with Crippen molar-refractivity contribution in [1.82, 2.24) is 19.6 Å². The summed E-state index contributed by atoms with van der Waals surface area (Å²) in [6, 6.07) is 0. The Morgan fingerprint density at radius 3 is 1.16 bits per heavy atom. The number of fused-ring (bicyclic) bond motifs is 22. The number of hydrogen-bond acceptors (Lipinski definition) is 15. The van der Waals surface area contributed by atoms with E-state index in [-0.39, 0.29) is 102 Å².